The summed E-state index contributed by atoms with van der Waals surface area (Å²) in [6, 6.07) is -1.74. The number of aliphatic carboxylic acids is 1. The van der Waals surface area contributed by atoms with Crippen molar-refractivity contribution in [2.75, 3.05) is 24.7 Å². The Labute approximate surface area is 190 Å². The summed E-state index contributed by atoms with van der Waals surface area (Å²) in [4.78, 5) is 34.3. The van der Waals surface area contributed by atoms with Gasteiger partial charge >= 0.3 is 18.0 Å². The summed E-state index contributed by atoms with van der Waals surface area (Å²) in [6.45, 7) is 10.0. The number of allylic oxidation sites excluding steroid dienone is 5. The van der Waals surface area contributed by atoms with Gasteiger partial charge in [-0.25, -0.2) is 9.59 Å². The minimum atomic E-state index is -1.12. The topological polar surface area (TPSA) is 105 Å². The molecule has 0 rings (SSSR count). The van der Waals surface area contributed by atoms with Crippen molar-refractivity contribution in [1.82, 2.24) is 10.6 Å². The third-order valence-electron chi connectivity index (χ3n) is 4.26. The maximum absolute atomic E-state index is 11.8. The highest BCUT2D eigenvalue weighted by atomic mass is 32.2. The van der Waals surface area contributed by atoms with E-state index in [1.165, 1.54) is 28.5 Å². The highest BCUT2D eigenvalue weighted by Crippen LogP contribution is 2.13. The van der Waals surface area contributed by atoms with Gasteiger partial charge in [-0.3, -0.25) is 4.79 Å². The second-order valence-corrected chi connectivity index (χ2v) is 8.60. The van der Waals surface area contributed by atoms with Gasteiger partial charge < -0.3 is 20.5 Å². The number of nitrogens with one attached hydrogen (secondary N) is 2. The first-order valence-electron chi connectivity index (χ1n) is 10.6. The van der Waals surface area contributed by atoms with Crippen LogP contribution in [-0.2, 0) is 14.3 Å². The minimum absolute atomic E-state index is 0.218. The monoisotopic (exact) mass is 454 g/mol. The molecular formula is C23H38N2O5S. The molecular weight excluding hydrogens is 416 g/mol. The van der Waals surface area contributed by atoms with E-state index >= 15 is 0 Å². The molecule has 0 aliphatic heterocycles. The van der Waals surface area contributed by atoms with Gasteiger partial charge in [0.1, 0.15) is 12.6 Å². The number of thioether (sulfide) groups is 1. The Morgan fingerprint density at radius 1 is 1.00 bits per heavy atom. The molecule has 3 N–H and O–H groups in total. The summed E-state index contributed by atoms with van der Waals surface area (Å²) < 4.78 is 4.70. The Balaban J connectivity index is 4.23. The average Bonchev–Trinajstić information content (AvgIpc) is 2.68. The van der Waals surface area contributed by atoms with E-state index in [9.17, 15) is 19.5 Å². The molecule has 2 amide bonds. The molecule has 0 fully saturated rings. The minimum Gasteiger partial charge on any atom is -0.480 e. The molecule has 0 bridgehead atoms. The molecule has 176 valence electrons. The van der Waals surface area contributed by atoms with Crippen LogP contribution in [0.1, 0.15) is 60.3 Å². The summed E-state index contributed by atoms with van der Waals surface area (Å²) in [5.74, 6) is -0.786. The SMILES string of the molecule is CCOC(=O)CNC(=O)NC(CSCC=C(C)CCC=C(C)CCC=C(C)C)C(=O)O. The van der Waals surface area contributed by atoms with Crippen molar-refractivity contribution in [3.63, 3.8) is 0 Å². The maximum atomic E-state index is 11.8. The standard InChI is InChI=1S/C23H38N2O5S/c1-6-30-21(26)15-24-23(29)25-20(22(27)28)16-31-14-13-19(5)12-8-11-18(4)10-7-9-17(2)3/h9,11,13,20H,6-8,10,12,14-16H2,1-5H3,(H,27,28)(H2,24,25,29). The molecule has 0 aromatic rings. The first-order chi connectivity index (χ1) is 14.6. The van der Waals surface area contributed by atoms with Gasteiger partial charge in [0.25, 0.3) is 0 Å². The molecule has 0 radical (unpaired) electrons. The Bertz CT molecular complexity index is 667. The second kappa shape index (κ2) is 17.5. The van der Waals surface area contributed by atoms with Crippen LogP contribution in [0.25, 0.3) is 0 Å². The molecule has 0 aromatic carbocycles. The number of carboxylic acids is 1. The number of carbonyl (C=O) groups excluding carboxylic acids is 2. The van der Waals surface area contributed by atoms with Crippen molar-refractivity contribution in [1.29, 1.82) is 0 Å². The van der Waals surface area contributed by atoms with E-state index in [4.69, 9.17) is 4.74 Å². The Morgan fingerprint density at radius 2 is 1.61 bits per heavy atom. The van der Waals surface area contributed by atoms with E-state index in [-0.39, 0.29) is 18.9 Å². The zero-order valence-electron chi connectivity index (χ0n) is 19.5. The van der Waals surface area contributed by atoms with Crippen LogP contribution < -0.4 is 10.6 Å². The highest BCUT2D eigenvalue weighted by molar-refractivity contribution is 7.99. The largest absolute Gasteiger partial charge is 0.480 e. The lowest BCUT2D eigenvalue weighted by molar-refractivity contribution is -0.141. The number of urea groups is 1. The number of esters is 1. The van der Waals surface area contributed by atoms with Crippen LogP contribution in [-0.4, -0.2) is 53.8 Å². The van der Waals surface area contributed by atoms with Crippen molar-refractivity contribution < 1.29 is 24.2 Å². The van der Waals surface area contributed by atoms with E-state index in [2.05, 4.69) is 56.6 Å². The average molecular weight is 455 g/mol. The predicted octanol–water partition coefficient (Wildman–Crippen LogP) is 4.45. The van der Waals surface area contributed by atoms with E-state index in [1.807, 2.05) is 0 Å². The van der Waals surface area contributed by atoms with Crippen molar-refractivity contribution in [2.45, 2.75) is 66.3 Å². The van der Waals surface area contributed by atoms with Gasteiger partial charge in [0.2, 0.25) is 0 Å². The number of rotatable bonds is 15. The number of hydrogen-bond donors (Lipinski definition) is 3. The van der Waals surface area contributed by atoms with Crippen LogP contribution in [0.3, 0.4) is 0 Å². The fourth-order valence-corrected chi connectivity index (χ4v) is 3.47. The normalized spacial score (nSPS) is 12.7. The van der Waals surface area contributed by atoms with E-state index in [0.29, 0.717) is 5.75 Å². The first-order valence-corrected chi connectivity index (χ1v) is 11.8. The lowest BCUT2D eigenvalue weighted by Gasteiger charge is -2.14. The van der Waals surface area contributed by atoms with Gasteiger partial charge in [-0.05, 0) is 60.3 Å². The number of hydrogen-bond acceptors (Lipinski definition) is 5. The van der Waals surface area contributed by atoms with Crippen molar-refractivity contribution in [3.8, 4) is 0 Å². The lowest BCUT2D eigenvalue weighted by Crippen LogP contribution is -2.48. The van der Waals surface area contributed by atoms with Gasteiger partial charge in [0.05, 0.1) is 6.61 Å². The third-order valence-corrected chi connectivity index (χ3v) is 5.23. The van der Waals surface area contributed by atoms with Crippen LogP contribution in [0.2, 0.25) is 0 Å². The zero-order valence-corrected chi connectivity index (χ0v) is 20.3. The predicted molar refractivity (Wildman–Crippen MR) is 127 cm³/mol. The summed E-state index contributed by atoms with van der Waals surface area (Å²) in [5, 5.41) is 13.9. The molecule has 0 heterocycles. The van der Waals surface area contributed by atoms with Gasteiger partial charge in [-0.2, -0.15) is 11.8 Å². The zero-order chi connectivity index (χ0) is 23.6. The Hall–Kier alpha value is -2.22. The van der Waals surface area contributed by atoms with Crippen LogP contribution >= 0.6 is 11.8 Å². The summed E-state index contributed by atoms with van der Waals surface area (Å²) in [6.07, 6.45) is 10.8. The molecule has 0 saturated heterocycles. The molecule has 8 heteroatoms. The molecule has 31 heavy (non-hydrogen) atoms. The van der Waals surface area contributed by atoms with Gasteiger partial charge in [-0.15, -0.1) is 0 Å². The number of amides is 2. The molecule has 0 aliphatic carbocycles. The van der Waals surface area contributed by atoms with E-state index in [0.717, 1.165) is 25.7 Å². The number of carboxylic acid groups (broad SMARTS) is 1. The summed E-state index contributed by atoms with van der Waals surface area (Å²) >= 11 is 1.43. The smallest absolute Gasteiger partial charge is 0.327 e. The molecule has 1 unspecified atom stereocenters. The molecule has 0 spiro atoms. The molecule has 0 aromatic heterocycles. The second-order valence-electron chi connectivity index (χ2n) is 7.52. The number of ether oxygens (including phenoxy) is 1. The van der Waals surface area contributed by atoms with Gasteiger partial charge in [-0.1, -0.05) is 34.9 Å². The van der Waals surface area contributed by atoms with Crippen LogP contribution in [0.15, 0.2) is 34.9 Å². The van der Waals surface area contributed by atoms with Crippen molar-refractivity contribution in [3.05, 3.63) is 34.9 Å². The first kappa shape index (κ1) is 28.8. The number of carbonyl (C=O) groups is 3. The highest BCUT2D eigenvalue weighted by Gasteiger charge is 2.20. The van der Waals surface area contributed by atoms with Gasteiger partial charge in [0, 0.05) is 11.5 Å². The van der Waals surface area contributed by atoms with Crippen molar-refractivity contribution >= 4 is 29.7 Å². The summed E-state index contributed by atoms with van der Waals surface area (Å²) in [7, 11) is 0. The Kier molecular flexibility index (Phi) is 16.2. The fourth-order valence-electron chi connectivity index (χ4n) is 2.47. The molecule has 1 atom stereocenters. The molecule has 0 aliphatic rings. The lowest BCUT2D eigenvalue weighted by atomic mass is 10.1. The third kappa shape index (κ3) is 17.2. The Morgan fingerprint density at radius 3 is 2.19 bits per heavy atom. The van der Waals surface area contributed by atoms with E-state index in [1.54, 1.807) is 6.92 Å². The van der Waals surface area contributed by atoms with Crippen molar-refractivity contribution in [2.24, 2.45) is 0 Å². The maximum Gasteiger partial charge on any atom is 0.327 e. The summed E-state index contributed by atoms with van der Waals surface area (Å²) in [5.41, 5.74) is 4.01. The van der Waals surface area contributed by atoms with Crippen LogP contribution in [0, 0.1) is 0 Å². The fraction of sp³-hybridized carbons (Fsp3) is 0.609. The van der Waals surface area contributed by atoms with Gasteiger partial charge in [0.15, 0.2) is 0 Å². The molecule has 7 nitrogen and oxygen atoms in total. The quantitative estimate of drug-likeness (QED) is 0.192. The molecule has 0 saturated carbocycles. The van der Waals surface area contributed by atoms with Crippen LogP contribution in [0.5, 0.6) is 0 Å². The van der Waals surface area contributed by atoms with Crippen LogP contribution in [0.4, 0.5) is 4.79 Å². The van der Waals surface area contributed by atoms with E-state index < -0.39 is 24.0 Å².